The zero-order chi connectivity index (χ0) is 14.7. The molecule has 1 heterocycles. The number of rotatable bonds is 3. The van der Waals surface area contributed by atoms with Gasteiger partial charge in [-0.3, -0.25) is 0 Å². The number of nitrogens with one attached hydrogen (secondary N) is 4. The lowest BCUT2D eigenvalue weighted by atomic mass is 10.2. The van der Waals surface area contributed by atoms with Gasteiger partial charge < -0.3 is 21.3 Å². The van der Waals surface area contributed by atoms with Crippen LogP contribution in [-0.4, -0.2) is 5.11 Å². The Bertz CT molecular complexity index is 682. The van der Waals surface area contributed by atoms with E-state index in [1.807, 2.05) is 36.4 Å². The van der Waals surface area contributed by atoms with Crippen molar-refractivity contribution >= 4 is 34.4 Å². The minimum Gasteiger partial charge on any atom is -0.358 e. The van der Waals surface area contributed by atoms with Crippen molar-refractivity contribution in [2.45, 2.75) is 6.54 Å². The fourth-order valence-corrected chi connectivity index (χ4v) is 2.33. The molecule has 0 unspecified atom stereocenters. The van der Waals surface area contributed by atoms with Crippen LogP contribution in [-0.2, 0) is 6.54 Å². The van der Waals surface area contributed by atoms with Crippen LogP contribution >= 0.6 is 12.2 Å². The number of fused-ring (bicyclic) bond motifs is 1. The molecule has 1 aliphatic heterocycles. The highest BCUT2D eigenvalue weighted by molar-refractivity contribution is 7.80. The Morgan fingerprint density at radius 2 is 1.81 bits per heavy atom. The van der Waals surface area contributed by atoms with E-state index in [2.05, 4.69) is 40.0 Å². The summed E-state index contributed by atoms with van der Waals surface area (Å²) in [6, 6.07) is 16.1. The van der Waals surface area contributed by atoms with Crippen LogP contribution in [0.3, 0.4) is 0 Å². The van der Waals surface area contributed by atoms with E-state index < -0.39 is 0 Å². The van der Waals surface area contributed by atoms with E-state index in [1.54, 1.807) is 0 Å². The van der Waals surface area contributed by atoms with Crippen LogP contribution in [0.2, 0.25) is 0 Å². The number of benzene rings is 2. The fraction of sp³-hybridized carbons (Fsp3) is 0.0625. The molecule has 0 spiro atoms. The summed E-state index contributed by atoms with van der Waals surface area (Å²) in [5.41, 5.74) is 4.14. The van der Waals surface area contributed by atoms with Gasteiger partial charge in [0.05, 0.1) is 11.4 Å². The summed E-state index contributed by atoms with van der Waals surface area (Å²) in [6.45, 7) is 4.54. The fourth-order valence-electron chi connectivity index (χ4n) is 2.14. The Kier molecular flexibility index (Phi) is 3.75. The molecule has 0 aromatic heterocycles. The molecule has 2 aromatic rings. The maximum atomic E-state index is 5.31. The van der Waals surface area contributed by atoms with Crippen molar-refractivity contribution < 1.29 is 0 Å². The summed E-state index contributed by atoms with van der Waals surface area (Å²) >= 11 is 5.31. The zero-order valence-electron chi connectivity index (χ0n) is 11.4. The lowest BCUT2D eigenvalue weighted by molar-refractivity contribution is 0.926. The Hall–Kier alpha value is -2.53. The summed E-state index contributed by atoms with van der Waals surface area (Å²) < 4.78 is 0. The average molecular weight is 296 g/mol. The summed E-state index contributed by atoms with van der Waals surface area (Å²) in [6.07, 6.45) is 0. The zero-order valence-corrected chi connectivity index (χ0v) is 12.3. The van der Waals surface area contributed by atoms with Crippen molar-refractivity contribution in [1.29, 1.82) is 0 Å². The van der Waals surface area contributed by atoms with Gasteiger partial charge in [-0.1, -0.05) is 36.9 Å². The molecule has 0 fully saturated rings. The van der Waals surface area contributed by atoms with E-state index in [1.165, 1.54) is 5.56 Å². The smallest absolute Gasteiger partial charge is 0.171 e. The molecule has 0 saturated carbocycles. The highest BCUT2D eigenvalue weighted by Crippen LogP contribution is 2.32. The molecule has 1 aliphatic rings. The molecular weight excluding hydrogens is 280 g/mol. The van der Waals surface area contributed by atoms with Crippen LogP contribution in [0, 0.1) is 0 Å². The maximum absolute atomic E-state index is 5.31. The molecule has 21 heavy (non-hydrogen) atoms. The number of anilines is 3. The molecule has 0 bridgehead atoms. The van der Waals surface area contributed by atoms with Crippen LogP contribution in [0.4, 0.5) is 17.1 Å². The largest absolute Gasteiger partial charge is 0.358 e. The molecule has 0 saturated heterocycles. The molecule has 0 radical (unpaired) electrons. The van der Waals surface area contributed by atoms with Gasteiger partial charge in [-0.2, -0.15) is 0 Å². The van der Waals surface area contributed by atoms with Crippen LogP contribution in [0.5, 0.6) is 0 Å². The molecule has 0 amide bonds. The first-order valence-corrected chi connectivity index (χ1v) is 7.07. The predicted octanol–water partition coefficient (Wildman–Crippen LogP) is 3.48. The minimum absolute atomic E-state index is 0.601. The highest BCUT2D eigenvalue weighted by atomic mass is 32.1. The average Bonchev–Trinajstić information content (AvgIpc) is 2.85. The molecule has 2 aromatic carbocycles. The predicted molar refractivity (Wildman–Crippen MR) is 92.3 cm³/mol. The lowest BCUT2D eigenvalue weighted by Gasteiger charge is -2.11. The van der Waals surface area contributed by atoms with Gasteiger partial charge in [0, 0.05) is 12.2 Å². The Balaban J connectivity index is 1.58. The minimum atomic E-state index is 0.601. The van der Waals surface area contributed by atoms with Gasteiger partial charge in [0.1, 0.15) is 5.82 Å². The third kappa shape index (κ3) is 3.32. The second-order valence-electron chi connectivity index (χ2n) is 4.78. The third-order valence-corrected chi connectivity index (χ3v) is 3.39. The van der Waals surface area contributed by atoms with Gasteiger partial charge in [-0.25, -0.2) is 0 Å². The quantitative estimate of drug-likeness (QED) is 0.653. The third-order valence-electron chi connectivity index (χ3n) is 3.14. The standard InChI is InChI=1S/C16H16N4S/c1-11-18-14-8-7-13(9-15(14)19-11)20-16(21)17-10-12-5-3-2-4-6-12/h2-9,18-19H,1,10H2,(H2,17,20,21). The van der Waals surface area contributed by atoms with Crippen LogP contribution in [0.1, 0.15) is 5.56 Å². The summed E-state index contributed by atoms with van der Waals surface area (Å²) in [4.78, 5) is 0. The van der Waals surface area contributed by atoms with Crippen molar-refractivity contribution in [3.63, 3.8) is 0 Å². The first-order chi connectivity index (χ1) is 10.2. The second kappa shape index (κ2) is 5.85. The van der Waals surface area contributed by atoms with Crippen molar-refractivity contribution in [2.24, 2.45) is 0 Å². The maximum Gasteiger partial charge on any atom is 0.171 e. The summed E-state index contributed by atoms with van der Waals surface area (Å²) in [5.74, 6) is 0.784. The first-order valence-electron chi connectivity index (χ1n) is 6.66. The van der Waals surface area contributed by atoms with E-state index in [0.717, 1.165) is 22.9 Å². The molecule has 3 rings (SSSR count). The molecule has 4 nitrogen and oxygen atoms in total. The SMILES string of the molecule is C=C1Nc2ccc(NC(=S)NCc3ccccc3)cc2N1. The number of thiocarbonyl (C=S) groups is 1. The van der Waals surface area contributed by atoms with Crippen molar-refractivity contribution in [3.8, 4) is 0 Å². The Labute approximate surface area is 129 Å². The Morgan fingerprint density at radius 3 is 2.62 bits per heavy atom. The van der Waals surface area contributed by atoms with Crippen molar-refractivity contribution in [3.05, 3.63) is 66.5 Å². The van der Waals surface area contributed by atoms with Gasteiger partial charge in [0.2, 0.25) is 0 Å². The van der Waals surface area contributed by atoms with Crippen LogP contribution < -0.4 is 21.3 Å². The number of hydrogen-bond donors (Lipinski definition) is 4. The van der Waals surface area contributed by atoms with E-state index in [4.69, 9.17) is 12.2 Å². The molecule has 0 aliphatic carbocycles. The monoisotopic (exact) mass is 296 g/mol. The van der Waals surface area contributed by atoms with E-state index >= 15 is 0 Å². The van der Waals surface area contributed by atoms with Gasteiger partial charge in [0.25, 0.3) is 0 Å². The second-order valence-corrected chi connectivity index (χ2v) is 5.19. The lowest BCUT2D eigenvalue weighted by Crippen LogP contribution is -2.27. The first kappa shape index (κ1) is 13.5. The van der Waals surface area contributed by atoms with Gasteiger partial charge in [-0.05, 0) is 36.0 Å². The molecular formula is C16H16N4S. The van der Waals surface area contributed by atoms with Gasteiger partial charge >= 0.3 is 0 Å². The van der Waals surface area contributed by atoms with Gasteiger partial charge in [-0.15, -0.1) is 0 Å². The van der Waals surface area contributed by atoms with Crippen LogP contribution in [0.15, 0.2) is 60.9 Å². The molecule has 106 valence electrons. The van der Waals surface area contributed by atoms with E-state index in [-0.39, 0.29) is 0 Å². The van der Waals surface area contributed by atoms with E-state index in [9.17, 15) is 0 Å². The summed E-state index contributed by atoms with van der Waals surface area (Å²) in [7, 11) is 0. The number of hydrogen-bond acceptors (Lipinski definition) is 3. The van der Waals surface area contributed by atoms with Gasteiger partial charge in [0.15, 0.2) is 5.11 Å². The van der Waals surface area contributed by atoms with Crippen molar-refractivity contribution in [2.75, 3.05) is 16.0 Å². The topological polar surface area (TPSA) is 48.1 Å². The Morgan fingerprint density at radius 1 is 1.05 bits per heavy atom. The highest BCUT2D eigenvalue weighted by Gasteiger charge is 2.12. The molecule has 4 N–H and O–H groups in total. The van der Waals surface area contributed by atoms with Crippen molar-refractivity contribution in [1.82, 2.24) is 5.32 Å². The van der Waals surface area contributed by atoms with E-state index in [0.29, 0.717) is 11.7 Å². The van der Waals surface area contributed by atoms with Crippen LogP contribution in [0.25, 0.3) is 0 Å². The normalized spacial score (nSPS) is 12.1. The summed E-state index contributed by atoms with van der Waals surface area (Å²) in [5, 5.41) is 13.3. The molecule has 0 atom stereocenters. The molecule has 5 heteroatoms.